The monoisotopic (exact) mass is 400 g/mol. The van der Waals surface area contributed by atoms with Gasteiger partial charge >= 0.3 is 0 Å². The van der Waals surface area contributed by atoms with Gasteiger partial charge in [-0.25, -0.2) is 0 Å². The van der Waals surface area contributed by atoms with Crippen LogP contribution in [0.25, 0.3) is 0 Å². The third-order valence-electron chi connectivity index (χ3n) is 7.10. The Labute approximate surface area is 181 Å². The fourth-order valence-electron chi connectivity index (χ4n) is 4.95. The van der Waals surface area contributed by atoms with E-state index in [4.69, 9.17) is 0 Å². The van der Waals surface area contributed by atoms with Crippen molar-refractivity contribution in [2.24, 2.45) is 0 Å². The van der Waals surface area contributed by atoms with E-state index in [0.717, 1.165) is 0 Å². The molecule has 0 aromatic heterocycles. The summed E-state index contributed by atoms with van der Waals surface area (Å²) in [4.78, 5) is 0. The van der Waals surface area contributed by atoms with Crippen molar-refractivity contribution in [1.82, 2.24) is 0 Å². The van der Waals surface area contributed by atoms with Gasteiger partial charge in [0.25, 0.3) is 0 Å². The summed E-state index contributed by atoms with van der Waals surface area (Å²) in [5.74, 6) is 1.62. The number of phenolic OH excluding ortho intramolecular Hbond substituents is 1. The summed E-state index contributed by atoms with van der Waals surface area (Å²) in [7, 11) is 0. The van der Waals surface area contributed by atoms with E-state index in [-0.39, 0.29) is 5.41 Å². The SMILES string of the molecule is CCCCCCCCCCC(C)c1cc(C(C)(C)C)cc(C2CCCCC2)c1O. The average molecular weight is 401 g/mol. The fourth-order valence-corrected chi connectivity index (χ4v) is 4.95. The van der Waals surface area contributed by atoms with Crippen LogP contribution in [-0.2, 0) is 5.41 Å². The second kappa shape index (κ2) is 12.0. The minimum Gasteiger partial charge on any atom is -0.507 e. The Balaban J connectivity index is 2.02. The molecule has 166 valence electrons. The lowest BCUT2D eigenvalue weighted by Crippen LogP contribution is -2.15. The number of phenols is 1. The topological polar surface area (TPSA) is 20.2 Å². The Bertz CT molecular complexity index is 589. The highest BCUT2D eigenvalue weighted by atomic mass is 16.3. The van der Waals surface area contributed by atoms with Crippen molar-refractivity contribution in [3.8, 4) is 5.75 Å². The highest BCUT2D eigenvalue weighted by molar-refractivity contribution is 5.49. The zero-order valence-corrected chi connectivity index (χ0v) is 20.2. The minimum atomic E-state index is 0.129. The van der Waals surface area contributed by atoms with Crippen molar-refractivity contribution in [1.29, 1.82) is 0 Å². The first kappa shape index (κ1) is 24.3. The molecule has 1 N–H and O–H groups in total. The van der Waals surface area contributed by atoms with Crippen LogP contribution in [0, 0.1) is 0 Å². The second-order valence-corrected chi connectivity index (χ2v) is 10.8. The Kier molecular flexibility index (Phi) is 10.1. The van der Waals surface area contributed by atoms with Gasteiger partial charge in [0.1, 0.15) is 5.75 Å². The lowest BCUT2D eigenvalue weighted by molar-refractivity contribution is 0.406. The standard InChI is InChI=1S/C28H48O/c1-6-7-8-9-10-11-12-14-17-22(2)25-20-24(28(3,4)5)21-26(27(25)29)23-18-15-13-16-19-23/h20-23,29H,6-19H2,1-5H3. The van der Waals surface area contributed by atoms with Crippen molar-refractivity contribution in [3.63, 3.8) is 0 Å². The number of aromatic hydroxyl groups is 1. The Morgan fingerprint density at radius 3 is 2.07 bits per heavy atom. The molecule has 0 saturated heterocycles. The largest absolute Gasteiger partial charge is 0.507 e. The van der Waals surface area contributed by atoms with E-state index in [2.05, 4.69) is 46.8 Å². The Morgan fingerprint density at radius 1 is 0.897 bits per heavy atom. The van der Waals surface area contributed by atoms with E-state index in [1.54, 1.807) is 0 Å². The first-order chi connectivity index (χ1) is 13.8. The minimum absolute atomic E-state index is 0.129. The van der Waals surface area contributed by atoms with Crippen LogP contribution in [0.5, 0.6) is 5.75 Å². The quantitative estimate of drug-likeness (QED) is 0.367. The van der Waals surface area contributed by atoms with Gasteiger partial charge in [0.2, 0.25) is 0 Å². The molecule has 0 aliphatic heterocycles. The Hall–Kier alpha value is -0.980. The zero-order chi connectivity index (χ0) is 21.3. The van der Waals surface area contributed by atoms with Crippen LogP contribution in [0.1, 0.15) is 153 Å². The van der Waals surface area contributed by atoms with Crippen LogP contribution in [-0.4, -0.2) is 5.11 Å². The third kappa shape index (κ3) is 7.65. The van der Waals surface area contributed by atoms with Gasteiger partial charge < -0.3 is 5.11 Å². The predicted molar refractivity (Wildman–Crippen MR) is 128 cm³/mol. The van der Waals surface area contributed by atoms with Crippen molar-refractivity contribution >= 4 is 0 Å². The normalized spacial score (nSPS) is 16.9. The number of benzene rings is 1. The Morgan fingerprint density at radius 2 is 1.48 bits per heavy atom. The van der Waals surface area contributed by atoms with Crippen molar-refractivity contribution in [2.75, 3.05) is 0 Å². The van der Waals surface area contributed by atoms with Crippen LogP contribution in [0.15, 0.2) is 12.1 Å². The van der Waals surface area contributed by atoms with Crippen molar-refractivity contribution < 1.29 is 5.11 Å². The summed E-state index contributed by atoms with van der Waals surface area (Å²) >= 11 is 0. The summed E-state index contributed by atoms with van der Waals surface area (Å²) in [6.45, 7) is 11.5. The zero-order valence-electron chi connectivity index (χ0n) is 20.2. The van der Waals surface area contributed by atoms with Gasteiger partial charge in [-0.1, -0.05) is 117 Å². The molecule has 0 spiro atoms. The number of rotatable bonds is 11. The molecule has 0 amide bonds. The van der Waals surface area contributed by atoms with Crippen LogP contribution in [0.3, 0.4) is 0 Å². The van der Waals surface area contributed by atoms with Crippen LogP contribution < -0.4 is 0 Å². The van der Waals surface area contributed by atoms with Crippen LogP contribution >= 0.6 is 0 Å². The highest BCUT2D eigenvalue weighted by Crippen LogP contribution is 2.43. The van der Waals surface area contributed by atoms with Gasteiger partial charge in [-0.15, -0.1) is 0 Å². The summed E-state index contributed by atoms with van der Waals surface area (Å²) < 4.78 is 0. The number of hydrogen-bond acceptors (Lipinski definition) is 1. The molecule has 1 atom stereocenters. The van der Waals surface area contributed by atoms with Gasteiger partial charge in [0.05, 0.1) is 0 Å². The van der Waals surface area contributed by atoms with E-state index in [9.17, 15) is 5.11 Å². The van der Waals surface area contributed by atoms with Gasteiger partial charge in [-0.3, -0.25) is 0 Å². The van der Waals surface area contributed by atoms with Gasteiger partial charge in [-0.2, -0.15) is 0 Å². The molecule has 1 saturated carbocycles. The number of hydrogen-bond donors (Lipinski definition) is 1. The third-order valence-corrected chi connectivity index (χ3v) is 7.10. The van der Waals surface area contributed by atoms with E-state index < -0.39 is 0 Å². The van der Waals surface area contributed by atoms with Crippen molar-refractivity contribution in [3.05, 3.63) is 28.8 Å². The average Bonchev–Trinajstić information content (AvgIpc) is 2.69. The molecular weight excluding hydrogens is 352 g/mol. The second-order valence-electron chi connectivity index (χ2n) is 10.8. The first-order valence-electron chi connectivity index (χ1n) is 12.7. The molecule has 0 radical (unpaired) electrons. The van der Waals surface area contributed by atoms with E-state index in [1.165, 1.54) is 107 Å². The summed E-state index contributed by atoms with van der Waals surface area (Å²) in [5, 5.41) is 11.2. The lowest BCUT2D eigenvalue weighted by atomic mass is 9.77. The molecule has 0 bridgehead atoms. The smallest absolute Gasteiger partial charge is 0.122 e. The van der Waals surface area contributed by atoms with E-state index in [0.29, 0.717) is 17.6 Å². The van der Waals surface area contributed by atoms with Gasteiger partial charge in [-0.05, 0) is 53.2 Å². The molecule has 1 fully saturated rings. The predicted octanol–water partition coefficient (Wildman–Crippen LogP) is 9.37. The van der Waals surface area contributed by atoms with E-state index in [1.807, 2.05) is 0 Å². The molecule has 1 aromatic carbocycles. The molecule has 1 heteroatoms. The molecule has 1 aromatic rings. The summed E-state index contributed by atoms with van der Waals surface area (Å²) in [6.07, 6.45) is 18.6. The molecule has 1 aliphatic carbocycles. The molecule has 2 rings (SSSR count). The molecule has 1 aliphatic rings. The first-order valence-corrected chi connectivity index (χ1v) is 12.7. The van der Waals surface area contributed by atoms with Crippen LogP contribution in [0.4, 0.5) is 0 Å². The van der Waals surface area contributed by atoms with Gasteiger partial charge in [0.15, 0.2) is 0 Å². The van der Waals surface area contributed by atoms with Crippen molar-refractivity contribution in [2.45, 2.75) is 142 Å². The fraction of sp³-hybridized carbons (Fsp3) is 0.786. The van der Waals surface area contributed by atoms with Gasteiger partial charge in [0, 0.05) is 0 Å². The highest BCUT2D eigenvalue weighted by Gasteiger charge is 2.25. The maximum atomic E-state index is 11.2. The number of unbranched alkanes of at least 4 members (excludes halogenated alkanes) is 7. The molecule has 1 nitrogen and oxygen atoms in total. The molecule has 0 heterocycles. The molecule has 29 heavy (non-hydrogen) atoms. The van der Waals surface area contributed by atoms with Crippen LogP contribution in [0.2, 0.25) is 0 Å². The maximum Gasteiger partial charge on any atom is 0.122 e. The van der Waals surface area contributed by atoms with E-state index >= 15 is 0 Å². The molecule has 1 unspecified atom stereocenters. The summed E-state index contributed by atoms with van der Waals surface area (Å²) in [6, 6.07) is 4.65. The maximum absolute atomic E-state index is 11.2. The summed E-state index contributed by atoms with van der Waals surface area (Å²) in [5.41, 5.74) is 3.98. The lowest BCUT2D eigenvalue weighted by Gasteiger charge is -2.29. The molecular formula is C28H48O.